The molecule has 2 aliphatic heterocycles. The second kappa shape index (κ2) is 12.7. The minimum absolute atomic E-state index is 0.000667. The Morgan fingerprint density at radius 3 is 2.62 bits per heavy atom. The molecule has 1 aliphatic carbocycles. The number of pyridine rings is 1. The van der Waals surface area contributed by atoms with Crippen LogP contribution in [0.3, 0.4) is 0 Å². The van der Waals surface area contributed by atoms with Crippen LogP contribution in [0.15, 0.2) is 29.0 Å². The fourth-order valence-electron chi connectivity index (χ4n) is 5.89. The van der Waals surface area contributed by atoms with Crippen molar-refractivity contribution in [2.75, 3.05) is 71.2 Å². The number of amides is 1. The van der Waals surface area contributed by atoms with Gasteiger partial charge in [-0.15, -0.1) is 0 Å². The summed E-state index contributed by atoms with van der Waals surface area (Å²) in [5.74, 6) is 0.612. The normalized spacial score (nSPS) is 22.8. The molecule has 9 heteroatoms. The average molecular weight is 529 g/mol. The van der Waals surface area contributed by atoms with Gasteiger partial charge in [-0.25, -0.2) is 4.98 Å². The van der Waals surface area contributed by atoms with Crippen molar-refractivity contribution in [3.05, 3.63) is 34.5 Å². The van der Waals surface area contributed by atoms with E-state index >= 15 is 0 Å². The molecule has 1 atom stereocenters. The van der Waals surface area contributed by atoms with Crippen molar-refractivity contribution in [3.63, 3.8) is 0 Å². The molecule has 2 saturated heterocycles. The topological polar surface area (TPSA) is 76.2 Å². The van der Waals surface area contributed by atoms with Crippen molar-refractivity contribution < 1.29 is 19.0 Å². The highest BCUT2D eigenvalue weighted by atomic mass is 32.1. The second-order valence-electron chi connectivity index (χ2n) is 10.4. The predicted octanol–water partition coefficient (Wildman–Crippen LogP) is 3.82. The maximum absolute atomic E-state index is 13.7. The smallest absolute Gasteiger partial charge is 0.255 e. The number of hydrogen-bond donors (Lipinski definition) is 1. The number of rotatable bonds is 8. The Hall–Kier alpha value is -2.04. The van der Waals surface area contributed by atoms with Gasteiger partial charge in [-0.2, -0.15) is 11.3 Å². The van der Waals surface area contributed by atoms with Gasteiger partial charge < -0.3 is 24.4 Å². The lowest BCUT2D eigenvalue weighted by atomic mass is 9.87. The highest BCUT2D eigenvalue weighted by Gasteiger charge is 2.38. The SMILES string of the molecule is CN(CC1COCCO1)c1nc(-c2ccsc2)ccc1C(=O)NCC1(N2CCOCC2)CCCCCC1. The summed E-state index contributed by atoms with van der Waals surface area (Å²) in [4.78, 5) is 23.3. The van der Waals surface area contributed by atoms with Crippen molar-refractivity contribution in [2.24, 2.45) is 0 Å². The van der Waals surface area contributed by atoms with Gasteiger partial charge >= 0.3 is 0 Å². The lowest BCUT2D eigenvalue weighted by Gasteiger charge is -2.45. The lowest BCUT2D eigenvalue weighted by Crippen LogP contribution is -2.58. The third kappa shape index (κ3) is 6.52. The summed E-state index contributed by atoms with van der Waals surface area (Å²) in [6, 6.07) is 5.94. The summed E-state index contributed by atoms with van der Waals surface area (Å²) >= 11 is 1.64. The van der Waals surface area contributed by atoms with Gasteiger partial charge in [-0.3, -0.25) is 9.69 Å². The number of likely N-dealkylation sites (N-methyl/N-ethyl adjacent to an activating group) is 1. The molecule has 4 heterocycles. The molecule has 37 heavy (non-hydrogen) atoms. The van der Waals surface area contributed by atoms with Gasteiger partial charge in [0.2, 0.25) is 0 Å². The number of hydrogen-bond acceptors (Lipinski definition) is 8. The molecule has 0 radical (unpaired) electrons. The standard InChI is InChI=1S/C28H40N4O4S/c1-31(18-23-19-35-15-16-36-23)26-24(6-7-25(30-26)22-8-17-37-20-22)27(33)29-21-28(9-4-2-3-5-10-28)32-11-13-34-14-12-32/h6-8,17,20,23H,2-5,9-16,18-19,21H2,1H3,(H,29,33). The Bertz CT molecular complexity index is 998. The van der Waals surface area contributed by atoms with E-state index < -0.39 is 0 Å². The first kappa shape index (κ1) is 26.6. The molecule has 0 spiro atoms. The van der Waals surface area contributed by atoms with E-state index in [1.165, 1.54) is 25.7 Å². The lowest BCUT2D eigenvalue weighted by molar-refractivity contribution is -0.0837. The van der Waals surface area contributed by atoms with E-state index in [-0.39, 0.29) is 17.6 Å². The van der Waals surface area contributed by atoms with Gasteiger partial charge in [0.1, 0.15) is 5.82 Å². The van der Waals surface area contributed by atoms with Crippen LogP contribution in [-0.2, 0) is 14.2 Å². The minimum atomic E-state index is -0.0658. The highest BCUT2D eigenvalue weighted by molar-refractivity contribution is 7.08. The molecule has 3 aliphatic rings. The van der Waals surface area contributed by atoms with Crippen LogP contribution in [0.5, 0.6) is 0 Å². The van der Waals surface area contributed by atoms with Crippen molar-refractivity contribution in [1.29, 1.82) is 0 Å². The summed E-state index contributed by atoms with van der Waals surface area (Å²) in [6.45, 7) is 6.45. The number of nitrogens with zero attached hydrogens (tertiary/aromatic N) is 3. The fraction of sp³-hybridized carbons (Fsp3) is 0.643. The number of aromatic nitrogens is 1. The molecule has 202 valence electrons. The van der Waals surface area contributed by atoms with Crippen LogP contribution in [0.25, 0.3) is 11.3 Å². The van der Waals surface area contributed by atoms with Crippen LogP contribution in [0, 0.1) is 0 Å². The monoisotopic (exact) mass is 528 g/mol. The van der Waals surface area contributed by atoms with E-state index in [2.05, 4.69) is 21.7 Å². The average Bonchev–Trinajstić information content (AvgIpc) is 3.38. The van der Waals surface area contributed by atoms with Crippen LogP contribution < -0.4 is 10.2 Å². The summed E-state index contributed by atoms with van der Waals surface area (Å²) in [5, 5.41) is 7.48. The van der Waals surface area contributed by atoms with Crippen molar-refractivity contribution >= 4 is 23.1 Å². The number of morpholine rings is 1. The number of thiophene rings is 1. The first-order chi connectivity index (χ1) is 18.1. The van der Waals surface area contributed by atoms with Crippen molar-refractivity contribution in [2.45, 2.75) is 50.2 Å². The Labute approximate surface area is 224 Å². The molecule has 2 aromatic heterocycles. The fourth-order valence-corrected chi connectivity index (χ4v) is 6.54. The van der Waals surface area contributed by atoms with Gasteiger partial charge in [0.15, 0.2) is 0 Å². The second-order valence-corrected chi connectivity index (χ2v) is 11.2. The molecule has 1 saturated carbocycles. The van der Waals surface area contributed by atoms with Crippen LogP contribution in [0.2, 0.25) is 0 Å². The Kier molecular flexibility index (Phi) is 9.10. The minimum Gasteiger partial charge on any atom is -0.379 e. The van der Waals surface area contributed by atoms with Gasteiger partial charge in [0, 0.05) is 49.7 Å². The van der Waals surface area contributed by atoms with E-state index in [0.29, 0.717) is 44.3 Å². The summed E-state index contributed by atoms with van der Waals surface area (Å²) in [6.07, 6.45) is 7.16. The molecule has 8 nitrogen and oxygen atoms in total. The van der Waals surface area contributed by atoms with Crippen LogP contribution in [-0.4, -0.2) is 93.7 Å². The quantitative estimate of drug-likeness (QED) is 0.522. The molecule has 0 bridgehead atoms. The van der Waals surface area contributed by atoms with Crippen LogP contribution in [0.1, 0.15) is 48.9 Å². The molecule has 5 rings (SSSR count). The summed E-state index contributed by atoms with van der Waals surface area (Å²) < 4.78 is 17.1. The number of carbonyl (C=O) groups is 1. The molecule has 0 aromatic carbocycles. The zero-order chi connectivity index (χ0) is 25.5. The predicted molar refractivity (Wildman–Crippen MR) is 147 cm³/mol. The van der Waals surface area contributed by atoms with Gasteiger partial charge in [0.05, 0.1) is 50.4 Å². The number of anilines is 1. The van der Waals surface area contributed by atoms with Crippen LogP contribution in [0.4, 0.5) is 5.82 Å². The van der Waals surface area contributed by atoms with E-state index in [0.717, 1.165) is 50.4 Å². The summed E-state index contributed by atoms with van der Waals surface area (Å²) in [7, 11) is 1.98. The summed E-state index contributed by atoms with van der Waals surface area (Å²) in [5.41, 5.74) is 2.53. The van der Waals surface area contributed by atoms with Crippen molar-refractivity contribution in [1.82, 2.24) is 15.2 Å². The zero-order valence-electron chi connectivity index (χ0n) is 22.0. The molecule has 1 amide bonds. The Morgan fingerprint density at radius 1 is 1.11 bits per heavy atom. The maximum Gasteiger partial charge on any atom is 0.255 e. The molecular formula is C28H40N4O4S. The van der Waals surface area contributed by atoms with Crippen molar-refractivity contribution in [3.8, 4) is 11.3 Å². The zero-order valence-corrected chi connectivity index (χ0v) is 22.8. The molecule has 3 fully saturated rings. The number of ether oxygens (including phenoxy) is 3. The third-order valence-corrected chi connectivity index (χ3v) is 8.64. The Morgan fingerprint density at radius 2 is 1.92 bits per heavy atom. The van der Waals surface area contributed by atoms with Gasteiger partial charge in [-0.1, -0.05) is 25.7 Å². The first-order valence-electron chi connectivity index (χ1n) is 13.7. The third-order valence-electron chi connectivity index (χ3n) is 7.95. The van der Waals surface area contributed by atoms with E-state index in [9.17, 15) is 4.79 Å². The molecule has 1 N–H and O–H groups in total. The maximum atomic E-state index is 13.7. The Balaban J connectivity index is 1.36. The van der Waals surface area contributed by atoms with E-state index in [4.69, 9.17) is 19.2 Å². The molecular weight excluding hydrogens is 488 g/mol. The van der Waals surface area contributed by atoms with E-state index in [1.54, 1.807) is 11.3 Å². The first-order valence-corrected chi connectivity index (χ1v) is 14.6. The number of nitrogens with one attached hydrogen (secondary N) is 1. The molecule has 1 unspecified atom stereocenters. The van der Waals surface area contributed by atoms with Gasteiger partial charge in [-0.05, 0) is 36.4 Å². The number of carbonyl (C=O) groups excluding carboxylic acids is 1. The van der Waals surface area contributed by atoms with E-state index in [1.807, 2.05) is 29.5 Å². The van der Waals surface area contributed by atoms with Crippen LogP contribution >= 0.6 is 11.3 Å². The largest absolute Gasteiger partial charge is 0.379 e. The van der Waals surface area contributed by atoms with Gasteiger partial charge in [0.25, 0.3) is 5.91 Å². The molecule has 2 aromatic rings. The highest BCUT2D eigenvalue weighted by Crippen LogP contribution is 2.33.